The van der Waals surface area contributed by atoms with Gasteiger partial charge in [0.25, 0.3) is 5.91 Å². The van der Waals surface area contributed by atoms with Gasteiger partial charge in [0.1, 0.15) is 36.6 Å². The molecule has 0 spiro atoms. The number of benzene rings is 4. The lowest BCUT2D eigenvalue weighted by Gasteiger charge is -2.35. The lowest BCUT2D eigenvalue weighted by molar-refractivity contribution is -0.144. The third-order valence-corrected chi connectivity index (χ3v) is 13.6. The van der Waals surface area contributed by atoms with E-state index in [0.29, 0.717) is 35.4 Å². The van der Waals surface area contributed by atoms with Gasteiger partial charge in [-0.25, -0.2) is 14.7 Å². The van der Waals surface area contributed by atoms with Gasteiger partial charge in [-0.2, -0.15) is 18.4 Å². The van der Waals surface area contributed by atoms with Crippen LogP contribution in [0.25, 0.3) is 21.6 Å². The molecule has 20 heteroatoms. The zero-order valence-corrected chi connectivity index (χ0v) is 42.6. The lowest BCUT2D eigenvalue weighted by Crippen LogP contribution is -2.58. The molecule has 1 aromatic heterocycles. The number of hydrogen-bond acceptors (Lipinski definition) is 12. The minimum absolute atomic E-state index is 0.0457. The Labute approximate surface area is 431 Å². The number of nitrogens with one attached hydrogen (secondary N) is 2. The number of likely N-dealkylation sites (tertiary alicyclic amines) is 1. The Balaban J connectivity index is 0.823. The largest absolute Gasteiger partial charge is 0.491 e. The number of ether oxygens (including phenoxy) is 3. The summed E-state index contributed by atoms with van der Waals surface area (Å²) in [6.45, 7) is 11.3. The van der Waals surface area contributed by atoms with Crippen molar-refractivity contribution in [2.24, 2.45) is 5.41 Å². The summed E-state index contributed by atoms with van der Waals surface area (Å²) >= 11 is 1.56. The van der Waals surface area contributed by atoms with E-state index in [2.05, 4.69) is 15.6 Å². The predicted octanol–water partition coefficient (Wildman–Crippen LogP) is 8.04. The number of nitriles is 1. The molecule has 5 aromatic rings. The molecule has 3 heterocycles. The number of aryl methyl sites for hydroxylation is 1. The molecular formula is C54H58F3N7O9S. The van der Waals surface area contributed by atoms with Gasteiger partial charge in [0.05, 0.1) is 51.7 Å². The number of hydrogen-bond donors (Lipinski definition) is 3. The number of amides is 6. The maximum Gasteiger partial charge on any atom is 0.417 e. The standard InChI is InChI=1S/C54H58F3N7O9S/c1-33-46(74-32-60-33)36-13-11-34(12-14-36)29-59-48(67)44-27-41(65)30-62(44)49(68)47(52(2,3)4)61-45(66)31-72-22-8-21-71-23-24-73-42-10-7-9-37(25-42)35-15-18-39(19-16-35)64-51(70)63(50(69)53(64,5)6)40-20-17-38(28-58)43(26-40)54(55,56)57/h7,9-20,25-26,32,41,44,47,65H,8,21-24,27,29-31H2,1-6H3,(H,59,67)(H,61,66)/t41-,44+,47?/m1/s1. The maximum absolute atomic E-state index is 14.0. The topological polar surface area (TPSA) is 204 Å². The van der Waals surface area contributed by atoms with E-state index in [0.717, 1.165) is 45.0 Å². The summed E-state index contributed by atoms with van der Waals surface area (Å²) < 4.78 is 58.4. The molecule has 6 amide bonds. The Hall–Kier alpha value is -7.18. The van der Waals surface area contributed by atoms with E-state index in [1.807, 2.05) is 49.4 Å². The van der Waals surface area contributed by atoms with Crippen molar-refractivity contribution in [2.45, 2.75) is 90.8 Å². The van der Waals surface area contributed by atoms with Crippen molar-refractivity contribution >= 4 is 52.4 Å². The number of rotatable bonds is 19. The Morgan fingerprint density at radius 3 is 2.26 bits per heavy atom. The van der Waals surface area contributed by atoms with E-state index >= 15 is 0 Å². The van der Waals surface area contributed by atoms with Gasteiger partial charge in [0.2, 0.25) is 17.7 Å². The number of β-amino-alcohol motifs (C(OH)–C–C–N with tert-alkyl or cyclic N) is 1. The van der Waals surface area contributed by atoms with Crippen LogP contribution in [0, 0.1) is 23.7 Å². The van der Waals surface area contributed by atoms with Crippen molar-refractivity contribution in [3.05, 3.63) is 119 Å². The van der Waals surface area contributed by atoms with Gasteiger partial charge in [0.15, 0.2) is 0 Å². The van der Waals surface area contributed by atoms with Gasteiger partial charge in [-0.15, -0.1) is 11.3 Å². The number of anilines is 2. The smallest absolute Gasteiger partial charge is 0.417 e. The Morgan fingerprint density at radius 2 is 1.59 bits per heavy atom. The molecule has 390 valence electrons. The summed E-state index contributed by atoms with van der Waals surface area (Å²) in [4.78, 5) is 76.3. The molecule has 2 saturated heterocycles. The maximum atomic E-state index is 14.0. The van der Waals surface area contributed by atoms with Crippen LogP contribution in [0.4, 0.5) is 29.3 Å². The number of nitrogens with zero attached hydrogens (tertiary/aromatic N) is 5. The van der Waals surface area contributed by atoms with E-state index in [-0.39, 0.29) is 51.6 Å². The molecule has 7 rings (SSSR count). The Bertz CT molecular complexity index is 2900. The van der Waals surface area contributed by atoms with Gasteiger partial charge in [-0.1, -0.05) is 69.3 Å². The zero-order valence-electron chi connectivity index (χ0n) is 41.8. The molecule has 2 fully saturated rings. The van der Waals surface area contributed by atoms with E-state index in [1.54, 1.807) is 68.0 Å². The summed E-state index contributed by atoms with van der Waals surface area (Å²) in [6.07, 6.45) is -5.24. The summed E-state index contributed by atoms with van der Waals surface area (Å²) in [6, 6.07) is 23.3. The van der Waals surface area contributed by atoms with Crippen LogP contribution >= 0.6 is 11.3 Å². The number of carbonyl (C=O) groups excluding carboxylic acids is 5. The number of thiazole rings is 1. The van der Waals surface area contributed by atoms with Crippen molar-refractivity contribution in [1.29, 1.82) is 5.26 Å². The number of aliphatic hydroxyl groups excluding tert-OH is 1. The Morgan fingerprint density at radius 1 is 0.905 bits per heavy atom. The highest BCUT2D eigenvalue weighted by atomic mass is 32.1. The first-order valence-corrected chi connectivity index (χ1v) is 24.8. The van der Waals surface area contributed by atoms with Gasteiger partial charge in [0, 0.05) is 38.4 Å². The van der Waals surface area contributed by atoms with Crippen LogP contribution in [-0.2, 0) is 41.4 Å². The molecule has 0 bridgehead atoms. The van der Waals surface area contributed by atoms with Crippen LogP contribution in [0.3, 0.4) is 0 Å². The van der Waals surface area contributed by atoms with Gasteiger partial charge in [-0.05, 0) is 97.3 Å². The summed E-state index contributed by atoms with van der Waals surface area (Å²) in [7, 11) is 0. The number of alkyl halides is 3. The molecule has 0 saturated carbocycles. The number of aromatic nitrogens is 1. The number of imide groups is 1. The minimum Gasteiger partial charge on any atom is -0.491 e. The SMILES string of the molecule is Cc1ncsc1-c1ccc(CNC(=O)[C@@H]2C[C@@H](O)CN2C(=O)C(NC(=O)COCCCOCCOc2cccc(-c3ccc(N4C(=O)N(c5ccc(C#N)c(C(F)(F)F)c5)C(=O)C4(C)C)cc3)c2)C(C)(C)C)cc1. The average molecular weight is 1040 g/mol. The summed E-state index contributed by atoms with van der Waals surface area (Å²) in [5.41, 5.74) is 2.18. The third-order valence-electron chi connectivity index (χ3n) is 12.7. The fraction of sp³-hybridized carbons (Fsp3) is 0.389. The normalized spacial score (nSPS) is 17.1. The second-order valence-electron chi connectivity index (χ2n) is 19.5. The molecular weight excluding hydrogens is 980 g/mol. The van der Waals surface area contributed by atoms with Crippen LogP contribution in [0.1, 0.15) is 69.8 Å². The van der Waals surface area contributed by atoms with Gasteiger partial charge >= 0.3 is 12.2 Å². The molecule has 74 heavy (non-hydrogen) atoms. The molecule has 16 nitrogen and oxygen atoms in total. The number of halogens is 3. The monoisotopic (exact) mass is 1040 g/mol. The summed E-state index contributed by atoms with van der Waals surface area (Å²) in [5, 5.41) is 25.5. The lowest BCUT2D eigenvalue weighted by atomic mass is 9.85. The van der Waals surface area contributed by atoms with E-state index in [4.69, 9.17) is 14.2 Å². The van der Waals surface area contributed by atoms with Crippen molar-refractivity contribution in [1.82, 2.24) is 20.5 Å². The molecule has 1 unspecified atom stereocenters. The van der Waals surface area contributed by atoms with Gasteiger partial charge in [-0.3, -0.25) is 24.1 Å². The number of aliphatic hydroxyl groups is 1. The molecule has 0 radical (unpaired) electrons. The molecule has 3 atom stereocenters. The van der Waals surface area contributed by atoms with Crippen LogP contribution in [0.2, 0.25) is 0 Å². The molecule has 2 aliphatic rings. The molecule has 0 aliphatic carbocycles. The second-order valence-corrected chi connectivity index (χ2v) is 20.4. The quantitative estimate of drug-likeness (QED) is 0.0534. The number of urea groups is 1. The summed E-state index contributed by atoms with van der Waals surface area (Å²) in [5.74, 6) is -1.55. The van der Waals surface area contributed by atoms with Crippen LogP contribution in [0.15, 0.2) is 96.5 Å². The first-order valence-electron chi connectivity index (χ1n) is 23.9. The first kappa shape index (κ1) is 54.6. The highest BCUT2D eigenvalue weighted by Gasteiger charge is 2.53. The average Bonchev–Trinajstić information content (AvgIpc) is 4.03. The number of carbonyl (C=O) groups is 5. The first-order chi connectivity index (χ1) is 35.1. The second kappa shape index (κ2) is 22.9. The van der Waals surface area contributed by atoms with Crippen LogP contribution in [0.5, 0.6) is 5.75 Å². The van der Waals surface area contributed by atoms with E-state index in [1.165, 1.54) is 29.7 Å². The van der Waals surface area contributed by atoms with E-state index < -0.39 is 76.1 Å². The van der Waals surface area contributed by atoms with Gasteiger partial charge < -0.3 is 34.9 Å². The van der Waals surface area contributed by atoms with Crippen molar-refractivity contribution < 1.29 is 56.5 Å². The minimum atomic E-state index is -4.88. The highest BCUT2D eigenvalue weighted by Crippen LogP contribution is 2.40. The predicted molar refractivity (Wildman–Crippen MR) is 271 cm³/mol. The third kappa shape index (κ3) is 12.6. The highest BCUT2D eigenvalue weighted by molar-refractivity contribution is 7.13. The fourth-order valence-electron chi connectivity index (χ4n) is 8.76. The van der Waals surface area contributed by atoms with Crippen molar-refractivity contribution in [3.8, 4) is 33.4 Å². The van der Waals surface area contributed by atoms with Crippen molar-refractivity contribution in [2.75, 3.05) is 49.4 Å². The van der Waals surface area contributed by atoms with Crippen LogP contribution in [-0.4, -0.2) is 108 Å². The van der Waals surface area contributed by atoms with Crippen molar-refractivity contribution in [3.63, 3.8) is 0 Å². The van der Waals surface area contributed by atoms with E-state index in [9.17, 15) is 47.5 Å². The Kier molecular flexibility index (Phi) is 16.9. The molecule has 2 aliphatic heterocycles. The fourth-order valence-corrected chi connectivity index (χ4v) is 9.57. The molecule has 4 aromatic carbocycles. The molecule has 3 N–H and O–H groups in total. The van der Waals surface area contributed by atoms with Crippen LogP contribution < -0.4 is 25.2 Å². The zero-order chi connectivity index (χ0) is 53.5.